The molecule has 0 saturated heterocycles. The molecular weight excluding hydrogens is 412 g/mol. The number of halogens is 1. The number of carbonyl (C=O) groups excluding carboxylic acids is 1. The summed E-state index contributed by atoms with van der Waals surface area (Å²) in [5.74, 6) is -0.221. The van der Waals surface area contributed by atoms with Crippen LogP contribution >= 0.6 is 11.6 Å². The van der Waals surface area contributed by atoms with Crippen molar-refractivity contribution in [1.82, 2.24) is 9.88 Å². The maximum absolute atomic E-state index is 13.7. The minimum atomic E-state index is -0.595. The van der Waals surface area contributed by atoms with Crippen molar-refractivity contribution in [3.05, 3.63) is 110 Å². The van der Waals surface area contributed by atoms with Crippen molar-refractivity contribution in [3.8, 4) is 0 Å². The third-order valence-electron chi connectivity index (χ3n) is 5.64. The minimum absolute atomic E-state index is 0.0957. The molecule has 31 heavy (non-hydrogen) atoms. The van der Waals surface area contributed by atoms with Gasteiger partial charge in [-0.2, -0.15) is 0 Å². The molecule has 1 atom stereocenters. The molecule has 0 bridgehead atoms. The van der Waals surface area contributed by atoms with E-state index >= 15 is 0 Å². The molecule has 1 aliphatic rings. The first-order chi connectivity index (χ1) is 14.9. The molecule has 6 heteroatoms. The minimum Gasteiger partial charge on any atom is -0.450 e. The third kappa shape index (κ3) is 3.22. The van der Waals surface area contributed by atoms with Gasteiger partial charge in [-0.15, -0.1) is 0 Å². The standard InChI is InChI=1S/C25H19ClN2O3/c1-14-9-15(2)23-19(10-14)22(29)20-21(17-6-3-7-18(26)11-17)28(25(30)24(20)31-23)13-16-5-4-8-27-12-16/h3-12,21H,13H2,1-2H3. The lowest BCUT2D eigenvalue weighted by atomic mass is 9.97. The monoisotopic (exact) mass is 430 g/mol. The topological polar surface area (TPSA) is 63.4 Å². The number of benzene rings is 2. The zero-order valence-electron chi connectivity index (χ0n) is 17.1. The van der Waals surface area contributed by atoms with Crippen LogP contribution in [0.1, 0.15) is 44.4 Å². The van der Waals surface area contributed by atoms with E-state index in [0.29, 0.717) is 28.1 Å². The average Bonchev–Trinajstić information content (AvgIpc) is 3.02. The predicted octanol–water partition coefficient (Wildman–Crippen LogP) is 5.20. The Morgan fingerprint density at radius 3 is 2.68 bits per heavy atom. The Morgan fingerprint density at radius 2 is 1.94 bits per heavy atom. The van der Waals surface area contributed by atoms with Gasteiger partial charge >= 0.3 is 0 Å². The number of aryl methyl sites for hydroxylation is 2. The summed E-state index contributed by atoms with van der Waals surface area (Å²) >= 11 is 6.26. The van der Waals surface area contributed by atoms with Gasteiger partial charge in [0.25, 0.3) is 5.91 Å². The number of rotatable bonds is 3. The van der Waals surface area contributed by atoms with Crippen LogP contribution in [0.5, 0.6) is 0 Å². The van der Waals surface area contributed by atoms with E-state index in [0.717, 1.165) is 22.3 Å². The predicted molar refractivity (Wildman–Crippen MR) is 119 cm³/mol. The van der Waals surface area contributed by atoms with Crippen molar-refractivity contribution in [2.24, 2.45) is 0 Å². The van der Waals surface area contributed by atoms with E-state index in [9.17, 15) is 9.59 Å². The van der Waals surface area contributed by atoms with Gasteiger partial charge < -0.3 is 9.32 Å². The number of nitrogens with zero attached hydrogens (tertiary/aromatic N) is 2. The van der Waals surface area contributed by atoms with Gasteiger partial charge in [0, 0.05) is 24.0 Å². The van der Waals surface area contributed by atoms with Crippen LogP contribution in [0, 0.1) is 13.8 Å². The van der Waals surface area contributed by atoms with Gasteiger partial charge in [-0.05, 0) is 60.4 Å². The lowest BCUT2D eigenvalue weighted by molar-refractivity contribution is 0.0714. The van der Waals surface area contributed by atoms with Gasteiger partial charge in [-0.3, -0.25) is 14.6 Å². The SMILES string of the molecule is Cc1cc(C)c2oc3c(c(=O)c2c1)C(c1cccc(Cl)c1)N(Cc1cccnc1)C3=O. The molecule has 4 aromatic rings. The van der Waals surface area contributed by atoms with Crippen LogP contribution in [0.4, 0.5) is 0 Å². The first-order valence-corrected chi connectivity index (χ1v) is 10.3. The van der Waals surface area contributed by atoms with Crippen molar-refractivity contribution < 1.29 is 9.21 Å². The molecule has 2 aromatic heterocycles. The highest BCUT2D eigenvalue weighted by molar-refractivity contribution is 6.30. The Bertz CT molecular complexity index is 1400. The Labute approximate surface area is 183 Å². The van der Waals surface area contributed by atoms with Crippen LogP contribution < -0.4 is 5.43 Å². The Hall–Kier alpha value is -3.44. The third-order valence-corrected chi connectivity index (χ3v) is 5.87. The fourth-order valence-corrected chi connectivity index (χ4v) is 4.55. The molecule has 0 aliphatic carbocycles. The lowest BCUT2D eigenvalue weighted by Crippen LogP contribution is -2.29. The summed E-state index contributed by atoms with van der Waals surface area (Å²) < 4.78 is 6.09. The largest absolute Gasteiger partial charge is 0.450 e. The van der Waals surface area contributed by atoms with Crippen molar-refractivity contribution >= 4 is 28.5 Å². The number of hydrogen-bond acceptors (Lipinski definition) is 4. The molecule has 5 rings (SSSR count). The van der Waals surface area contributed by atoms with Crippen molar-refractivity contribution in [3.63, 3.8) is 0 Å². The molecular formula is C25H19ClN2O3. The smallest absolute Gasteiger partial charge is 0.291 e. The van der Waals surface area contributed by atoms with Gasteiger partial charge in [0.2, 0.25) is 5.76 Å². The van der Waals surface area contributed by atoms with E-state index in [2.05, 4.69) is 4.98 Å². The molecule has 2 aromatic carbocycles. The normalized spacial score (nSPS) is 15.5. The second kappa shape index (κ2) is 7.36. The number of fused-ring (bicyclic) bond motifs is 2. The van der Waals surface area contributed by atoms with Gasteiger partial charge in [0.15, 0.2) is 5.43 Å². The van der Waals surface area contributed by atoms with E-state index in [1.807, 2.05) is 50.2 Å². The molecule has 154 valence electrons. The molecule has 0 saturated carbocycles. The molecule has 0 fully saturated rings. The van der Waals surface area contributed by atoms with E-state index in [-0.39, 0.29) is 17.1 Å². The molecule has 5 nitrogen and oxygen atoms in total. The van der Waals surface area contributed by atoms with E-state index in [1.165, 1.54) is 0 Å². The van der Waals surface area contributed by atoms with E-state index in [1.54, 1.807) is 29.4 Å². The lowest BCUT2D eigenvalue weighted by Gasteiger charge is -2.25. The van der Waals surface area contributed by atoms with Crippen LogP contribution in [0.3, 0.4) is 0 Å². The highest BCUT2D eigenvalue weighted by Gasteiger charge is 2.42. The summed E-state index contributed by atoms with van der Waals surface area (Å²) in [5.41, 5.74) is 4.04. The number of hydrogen-bond donors (Lipinski definition) is 0. The van der Waals surface area contributed by atoms with Crippen molar-refractivity contribution in [2.45, 2.75) is 26.4 Å². The molecule has 0 N–H and O–H groups in total. The highest BCUT2D eigenvalue weighted by atomic mass is 35.5. The van der Waals surface area contributed by atoms with E-state index < -0.39 is 6.04 Å². The molecule has 3 heterocycles. The molecule has 0 radical (unpaired) electrons. The summed E-state index contributed by atoms with van der Waals surface area (Å²) in [7, 11) is 0. The molecule has 0 spiro atoms. The van der Waals surface area contributed by atoms with Gasteiger partial charge in [0.1, 0.15) is 5.58 Å². The molecule has 1 aliphatic heterocycles. The first-order valence-electron chi connectivity index (χ1n) is 9.97. The summed E-state index contributed by atoms with van der Waals surface area (Å²) in [5, 5.41) is 1.02. The number of aromatic nitrogens is 1. The number of pyridine rings is 1. The second-order valence-electron chi connectivity index (χ2n) is 7.88. The van der Waals surface area contributed by atoms with Crippen LogP contribution in [0.15, 0.2) is 70.1 Å². The Morgan fingerprint density at radius 1 is 1.10 bits per heavy atom. The zero-order chi connectivity index (χ0) is 21.7. The van der Waals surface area contributed by atoms with Crippen LogP contribution in [-0.4, -0.2) is 15.8 Å². The maximum atomic E-state index is 13.7. The van der Waals surface area contributed by atoms with Crippen LogP contribution in [0.25, 0.3) is 11.0 Å². The molecule has 1 unspecified atom stereocenters. The van der Waals surface area contributed by atoms with Gasteiger partial charge in [0.05, 0.1) is 17.0 Å². The van der Waals surface area contributed by atoms with Crippen molar-refractivity contribution in [1.29, 1.82) is 0 Å². The van der Waals surface area contributed by atoms with Gasteiger partial charge in [-0.1, -0.05) is 35.9 Å². The Kier molecular flexibility index (Phi) is 4.63. The number of amides is 1. The van der Waals surface area contributed by atoms with Crippen molar-refractivity contribution in [2.75, 3.05) is 0 Å². The molecule has 1 amide bonds. The zero-order valence-corrected chi connectivity index (χ0v) is 17.8. The quantitative estimate of drug-likeness (QED) is 0.448. The highest BCUT2D eigenvalue weighted by Crippen LogP contribution is 2.40. The van der Waals surface area contributed by atoms with Crippen LogP contribution in [-0.2, 0) is 6.54 Å². The average molecular weight is 431 g/mol. The van der Waals surface area contributed by atoms with Gasteiger partial charge in [-0.25, -0.2) is 0 Å². The number of carbonyl (C=O) groups is 1. The summed E-state index contributed by atoms with van der Waals surface area (Å²) in [6.45, 7) is 4.11. The second-order valence-corrected chi connectivity index (χ2v) is 8.32. The first kappa shape index (κ1) is 19.5. The summed E-state index contributed by atoms with van der Waals surface area (Å²) in [4.78, 5) is 32.9. The summed E-state index contributed by atoms with van der Waals surface area (Å²) in [6, 6.07) is 14.1. The summed E-state index contributed by atoms with van der Waals surface area (Å²) in [6.07, 6.45) is 3.39. The fraction of sp³-hybridized carbons (Fsp3) is 0.160. The maximum Gasteiger partial charge on any atom is 0.291 e. The Balaban J connectivity index is 1.77. The van der Waals surface area contributed by atoms with Crippen LogP contribution in [0.2, 0.25) is 5.02 Å². The fourth-order valence-electron chi connectivity index (χ4n) is 4.35. The van der Waals surface area contributed by atoms with E-state index in [4.69, 9.17) is 16.0 Å².